The fourth-order valence-corrected chi connectivity index (χ4v) is 7.03. The van der Waals surface area contributed by atoms with Crippen molar-refractivity contribution in [3.05, 3.63) is 48.6 Å². The molecule has 1 heterocycles. The molecule has 0 radical (unpaired) electrons. The number of hydrogen-bond acceptors (Lipinski definition) is 6. The maximum Gasteiger partial charge on any atom is 0.306 e. The molecule has 0 bridgehead atoms. The van der Waals surface area contributed by atoms with Gasteiger partial charge >= 0.3 is 5.97 Å². The zero-order chi connectivity index (χ0) is 31.5. The van der Waals surface area contributed by atoms with Crippen molar-refractivity contribution >= 4 is 23.6 Å². The molecule has 1 saturated heterocycles. The number of carbonyl (C=O) groups excluding carboxylic acids is 4. The molecule has 4 atom stereocenters. The van der Waals surface area contributed by atoms with Gasteiger partial charge in [-0.3, -0.25) is 24.1 Å². The minimum absolute atomic E-state index is 0.00763. The van der Waals surface area contributed by atoms with Gasteiger partial charge in [0, 0.05) is 26.1 Å². The van der Waals surface area contributed by atoms with Crippen LogP contribution in [0, 0.1) is 28.6 Å². The third kappa shape index (κ3) is 7.79. The summed E-state index contributed by atoms with van der Waals surface area (Å²) in [6.45, 7) is 11.9. The van der Waals surface area contributed by atoms with Gasteiger partial charge in [0.25, 0.3) is 0 Å². The molecule has 3 saturated carbocycles. The standard InChI is InChI=1S/C36H51N3O5/c1-5-27-20-36(27,34(43)37-22-26-15-16-26)21-31(40)30-23-38(18-17-25-11-7-6-8-12-25)24-39(30)33(42)29(35(2,3)4)19-32(41)44-28-13-9-10-14-28/h5-8,11-12,26-30H,1,9-10,13-24H2,2-4H3,(H,37,43)/t27-,29-,30+,36-/m1/s1. The van der Waals surface area contributed by atoms with E-state index in [0.717, 1.165) is 44.9 Å². The highest BCUT2D eigenvalue weighted by molar-refractivity contribution is 5.97. The van der Waals surface area contributed by atoms with Crippen LogP contribution in [-0.4, -0.2) is 71.8 Å². The predicted octanol–water partition coefficient (Wildman–Crippen LogP) is 4.92. The molecule has 8 nitrogen and oxygen atoms in total. The third-order valence-electron chi connectivity index (χ3n) is 10.3. The highest BCUT2D eigenvalue weighted by atomic mass is 16.5. The number of ketones is 1. The molecular weight excluding hydrogens is 554 g/mol. The third-order valence-corrected chi connectivity index (χ3v) is 10.3. The van der Waals surface area contributed by atoms with Crippen LogP contribution in [0.4, 0.5) is 0 Å². The lowest BCUT2D eigenvalue weighted by Gasteiger charge is -2.34. The highest BCUT2D eigenvalue weighted by Gasteiger charge is 2.60. The Balaban J connectivity index is 1.32. The molecule has 3 aliphatic carbocycles. The first-order valence-corrected chi connectivity index (χ1v) is 16.7. The molecule has 8 heteroatoms. The summed E-state index contributed by atoms with van der Waals surface area (Å²) in [4.78, 5) is 58.8. The molecule has 44 heavy (non-hydrogen) atoms. The van der Waals surface area contributed by atoms with Crippen LogP contribution in [0.2, 0.25) is 0 Å². The molecule has 4 aliphatic rings. The number of carbonyl (C=O) groups is 4. The number of ether oxygens (including phenoxy) is 1. The summed E-state index contributed by atoms with van der Waals surface area (Å²) in [5.74, 6) is -0.815. The van der Waals surface area contributed by atoms with Gasteiger partial charge in [-0.1, -0.05) is 57.2 Å². The zero-order valence-electron chi connectivity index (χ0n) is 26.9. The number of esters is 1. The first-order chi connectivity index (χ1) is 21.0. The summed E-state index contributed by atoms with van der Waals surface area (Å²) in [7, 11) is 0. The SMILES string of the molecule is C=C[C@@H]1C[C@]1(CC(=O)[C@@H]1CN(CCc2ccccc2)CN1C(=O)[C@@H](CC(=O)OC1CCCC1)C(C)(C)C)C(=O)NCC1CC1. The summed E-state index contributed by atoms with van der Waals surface area (Å²) in [5.41, 5.74) is -0.0972. The van der Waals surface area contributed by atoms with Crippen LogP contribution in [0.5, 0.6) is 0 Å². The smallest absolute Gasteiger partial charge is 0.306 e. The Kier molecular flexibility index (Phi) is 9.98. The lowest BCUT2D eigenvalue weighted by Crippen LogP contribution is -2.49. The van der Waals surface area contributed by atoms with Crippen molar-refractivity contribution < 1.29 is 23.9 Å². The predicted molar refractivity (Wildman–Crippen MR) is 169 cm³/mol. The van der Waals surface area contributed by atoms with E-state index >= 15 is 0 Å². The lowest BCUT2D eigenvalue weighted by atomic mass is 9.77. The second-order valence-electron chi connectivity index (χ2n) is 14.8. The Hall–Kier alpha value is -3.00. The van der Waals surface area contributed by atoms with Crippen molar-refractivity contribution in [2.75, 3.05) is 26.3 Å². The van der Waals surface area contributed by atoms with E-state index in [1.165, 1.54) is 5.56 Å². The van der Waals surface area contributed by atoms with Gasteiger partial charge in [-0.05, 0) is 74.2 Å². The number of Topliss-reactive ketones (excluding diaryl/α,β-unsaturated/α-hetero) is 1. The van der Waals surface area contributed by atoms with E-state index in [4.69, 9.17) is 4.74 Å². The summed E-state index contributed by atoms with van der Waals surface area (Å²) >= 11 is 0. The number of hydrogen-bond donors (Lipinski definition) is 1. The van der Waals surface area contributed by atoms with E-state index in [2.05, 4.69) is 28.9 Å². The topological polar surface area (TPSA) is 96.0 Å². The summed E-state index contributed by atoms with van der Waals surface area (Å²) in [6.07, 6.45) is 9.35. The summed E-state index contributed by atoms with van der Waals surface area (Å²) in [6, 6.07) is 9.51. The molecule has 240 valence electrons. The average molecular weight is 606 g/mol. The number of nitrogens with zero attached hydrogens (tertiary/aromatic N) is 2. The van der Waals surface area contributed by atoms with E-state index in [9.17, 15) is 19.2 Å². The van der Waals surface area contributed by atoms with Crippen LogP contribution in [0.25, 0.3) is 0 Å². The van der Waals surface area contributed by atoms with Gasteiger partial charge in [-0.25, -0.2) is 0 Å². The molecule has 1 aromatic carbocycles. The van der Waals surface area contributed by atoms with E-state index in [0.29, 0.717) is 38.6 Å². The molecule has 4 fully saturated rings. The van der Waals surface area contributed by atoms with Crippen molar-refractivity contribution in [3.63, 3.8) is 0 Å². The van der Waals surface area contributed by atoms with Gasteiger partial charge in [0.1, 0.15) is 12.1 Å². The van der Waals surface area contributed by atoms with Crippen molar-refractivity contribution in [1.82, 2.24) is 15.1 Å². The number of nitrogens with one attached hydrogen (secondary N) is 1. The van der Waals surface area contributed by atoms with Crippen LogP contribution >= 0.6 is 0 Å². The summed E-state index contributed by atoms with van der Waals surface area (Å²) in [5, 5.41) is 3.10. The molecule has 1 aromatic rings. The van der Waals surface area contributed by atoms with E-state index < -0.39 is 22.8 Å². The maximum atomic E-state index is 14.4. The summed E-state index contributed by atoms with van der Waals surface area (Å²) < 4.78 is 5.76. The minimum atomic E-state index is -0.783. The van der Waals surface area contributed by atoms with Gasteiger partial charge < -0.3 is 15.0 Å². The molecular formula is C36H51N3O5. The zero-order valence-corrected chi connectivity index (χ0v) is 26.9. The Labute approximate surface area is 262 Å². The molecule has 1 aliphatic heterocycles. The first-order valence-electron chi connectivity index (χ1n) is 16.7. The van der Waals surface area contributed by atoms with Crippen molar-refractivity contribution in [1.29, 1.82) is 0 Å². The monoisotopic (exact) mass is 605 g/mol. The van der Waals surface area contributed by atoms with Crippen LogP contribution in [0.15, 0.2) is 43.0 Å². The second kappa shape index (κ2) is 13.6. The number of allylic oxidation sites excluding steroid dienone is 1. The largest absolute Gasteiger partial charge is 0.462 e. The molecule has 2 amide bonds. The van der Waals surface area contributed by atoms with Crippen molar-refractivity contribution in [3.8, 4) is 0 Å². The van der Waals surface area contributed by atoms with E-state index in [1.807, 2.05) is 39.0 Å². The van der Waals surface area contributed by atoms with Crippen LogP contribution < -0.4 is 5.32 Å². The van der Waals surface area contributed by atoms with Gasteiger partial charge in [0.2, 0.25) is 11.8 Å². The highest BCUT2D eigenvalue weighted by Crippen LogP contribution is 2.56. The normalized spacial score (nSPS) is 26.3. The molecule has 0 aromatic heterocycles. The van der Waals surface area contributed by atoms with E-state index in [-0.39, 0.29) is 48.4 Å². The van der Waals surface area contributed by atoms with Crippen molar-refractivity contribution in [2.24, 2.45) is 28.6 Å². The second-order valence-corrected chi connectivity index (χ2v) is 14.8. The fraction of sp³-hybridized carbons (Fsp3) is 0.667. The first kappa shape index (κ1) is 32.4. The molecule has 1 N–H and O–H groups in total. The number of benzene rings is 1. The van der Waals surface area contributed by atoms with Crippen LogP contribution in [0.1, 0.15) is 84.1 Å². The molecule has 0 spiro atoms. The molecule has 5 rings (SSSR count). The van der Waals surface area contributed by atoms with E-state index in [1.54, 1.807) is 11.0 Å². The maximum absolute atomic E-state index is 14.4. The Morgan fingerprint density at radius 3 is 2.41 bits per heavy atom. The van der Waals surface area contributed by atoms with Gasteiger partial charge in [-0.15, -0.1) is 6.58 Å². The van der Waals surface area contributed by atoms with Gasteiger partial charge in [-0.2, -0.15) is 0 Å². The quantitative estimate of drug-likeness (QED) is 0.239. The number of rotatable bonds is 14. The van der Waals surface area contributed by atoms with Gasteiger partial charge in [0.15, 0.2) is 5.78 Å². The average Bonchev–Trinajstić information content (AvgIpc) is 3.84. The number of amides is 2. The Bertz CT molecular complexity index is 1220. The van der Waals surface area contributed by atoms with Crippen LogP contribution in [0.3, 0.4) is 0 Å². The van der Waals surface area contributed by atoms with Crippen LogP contribution in [-0.2, 0) is 30.3 Å². The molecule has 0 unspecified atom stereocenters. The fourth-order valence-electron chi connectivity index (χ4n) is 7.03. The Morgan fingerprint density at radius 1 is 1.09 bits per heavy atom. The minimum Gasteiger partial charge on any atom is -0.462 e. The lowest BCUT2D eigenvalue weighted by molar-refractivity contribution is -0.156. The Morgan fingerprint density at radius 2 is 1.80 bits per heavy atom. The van der Waals surface area contributed by atoms with Crippen molar-refractivity contribution in [2.45, 2.75) is 97.1 Å². The van der Waals surface area contributed by atoms with Gasteiger partial charge in [0.05, 0.1) is 24.4 Å².